The van der Waals surface area contributed by atoms with Crippen molar-refractivity contribution in [3.63, 3.8) is 0 Å². The maximum absolute atomic E-state index is 14.3. The molecule has 4 nitrogen and oxygen atoms in total. The van der Waals surface area contributed by atoms with Crippen LogP contribution in [0.25, 0.3) is 0 Å². The molecule has 1 N–H and O–H groups in total. The normalized spacial score (nSPS) is 18.7. The molecule has 38 heavy (non-hydrogen) atoms. The molecule has 2 aliphatic rings. The third-order valence-corrected chi connectivity index (χ3v) is 7.41. The van der Waals surface area contributed by atoms with Gasteiger partial charge in [-0.25, -0.2) is 0 Å². The van der Waals surface area contributed by atoms with Gasteiger partial charge < -0.3 is 9.84 Å². The zero-order valence-electron chi connectivity index (χ0n) is 21.0. The molecule has 0 saturated carbocycles. The Balaban J connectivity index is 1.37. The van der Waals surface area contributed by atoms with Crippen molar-refractivity contribution in [2.45, 2.75) is 31.1 Å². The summed E-state index contributed by atoms with van der Waals surface area (Å²) in [4.78, 5) is 16.1. The second-order valence-corrected chi connectivity index (χ2v) is 9.73. The van der Waals surface area contributed by atoms with Crippen molar-refractivity contribution in [3.8, 4) is 0 Å². The minimum absolute atomic E-state index is 0.329. The predicted molar refractivity (Wildman–Crippen MR) is 149 cm³/mol. The number of nitrogens with zero attached hydrogens (tertiary/aromatic N) is 1. The molecule has 4 aromatic rings. The number of ether oxygens (including phenoxy) is 1. The maximum atomic E-state index is 14.3. The van der Waals surface area contributed by atoms with Gasteiger partial charge in [-0.3, -0.25) is 9.69 Å². The lowest BCUT2D eigenvalue weighted by Crippen LogP contribution is -2.43. The van der Waals surface area contributed by atoms with Crippen molar-refractivity contribution in [1.82, 2.24) is 0 Å². The van der Waals surface area contributed by atoms with Crippen molar-refractivity contribution in [1.29, 1.82) is 0 Å². The molecule has 0 bridgehead atoms. The smallest absolute Gasteiger partial charge is 0.268 e. The van der Waals surface area contributed by atoms with E-state index in [-0.39, 0.29) is 11.9 Å². The van der Waals surface area contributed by atoms with Crippen LogP contribution in [0.4, 0.5) is 5.69 Å². The Morgan fingerprint density at radius 2 is 1.32 bits per heavy atom. The molecule has 1 unspecified atom stereocenters. The lowest BCUT2D eigenvalue weighted by molar-refractivity contribution is -0.133. The van der Waals surface area contributed by atoms with Gasteiger partial charge in [0.1, 0.15) is 6.61 Å². The van der Waals surface area contributed by atoms with Gasteiger partial charge >= 0.3 is 0 Å². The summed E-state index contributed by atoms with van der Waals surface area (Å²) < 4.78 is 6.02. The Morgan fingerprint density at radius 1 is 0.737 bits per heavy atom. The van der Waals surface area contributed by atoms with Gasteiger partial charge in [-0.15, -0.1) is 0 Å². The molecule has 0 fully saturated rings. The molecule has 1 atom stereocenters. The van der Waals surface area contributed by atoms with Gasteiger partial charge in [-0.2, -0.15) is 0 Å². The zero-order valence-corrected chi connectivity index (χ0v) is 21.0. The molecule has 0 aromatic heterocycles. The number of allylic oxidation sites excluding steroid dienone is 3. The Bertz CT molecular complexity index is 1460. The van der Waals surface area contributed by atoms with Crippen LogP contribution in [0, 0.1) is 0 Å². The fourth-order valence-electron chi connectivity index (χ4n) is 5.51. The number of fused-ring (bicyclic) bond motifs is 1. The van der Waals surface area contributed by atoms with Crippen molar-refractivity contribution in [2.24, 2.45) is 0 Å². The Kier molecular flexibility index (Phi) is 6.40. The van der Waals surface area contributed by atoms with E-state index in [4.69, 9.17) is 4.74 Å². The number of anilines is 1. The van der Waals surface area contributed by atoms with E-state index in [1.54, 1.807) is 4.90 Å². The highest BCUT2D eigenvalue weighted by Gasteiger charge is 2.54. The minimum Gasteiger partial charge on any atom is -0.493 e. The highest BCUT2D eigenvalue weighted by Crippen LogP contribution is 2.50. The molecule has 0 spiro atoms. The van der Waals surface area contributed by atoms with Crippen LogP contribution in [0.3, 0.4) is 0 Å². The van der Waals surface area contributed by atoms with Crippen molar-refractivity contribution in [2.75, 3.05) is 4.90 Å². The Morgan fingerprint density at radius 3 is 1.92 bits per heavy atom. The molecule has 1 aliphatic heterocycles. The molecule has 1 amide bonds. The van der Waals surface area contributed by atoms with Crippen LogP contribution in [0.5, 0.6) is 0 Å². The number of rotatable bonds is 7. The van der Waals surface area contributed by atoms with Crippen LogP contribution in [-0.2, 0) is 21.7 Å². The highest BCUT2D eigenvalue weighted by molar-refractivity contribution is 6.10. The number of carbonyl (C=O) groups excluding carboxylic acids is 1. The molecule has 6 rings (SSSR count). The van der Waals surface area contributed by atoms with Crippen LogP contribution in [0.15, 0.2) is 139 Å². The maximum Gasteiger partial charge on any atom is 0.268 e. The topological polar surface area (TPSA) is 49.8 Å². The summed E-state index contributed by atoms with van der Waals surface area (Å²) in [7, 11) is 0. The molecule has 0 saturated heterocycles. The summed E-state index contributed by atoms with van der Waals surface area (Å²) in [6.07, 6.45) is 4.91. The van der Waals surface area contributed by atoms with Gasteiger partial charge in [0.05, 0.1) is 17.5 Å². The second kappa shape index (κ2) is 10.2. The van der Waals surface area contributed by atoms with Gasteiger partial charge in [0.15, 0.2) is 5.60 Å². The predicted octanol–water partition coefficient (Wildman–Crippen LogP) is 6.83. The number of amides is 1. The molecular formula is C34H29NO3. The van der Waals surface area contributed by atoms with Crippen LogP contribution in [0.1, 0.15) is 41.1 Å². The average molecular weight is 500 g/mol. The molecule has 188 valence electrons. The first kappa shape index (κ1) is 24.0. The molecule has 1 heterocycles. The number of aliphatic hydroxyl groups is 1. The summed E-state index contributed by atoms with van der Waals surface area (Å²) >= 11 is 0. The lowest BCUT2D eigenvalue weighted by atomic mass is 9.82. The first-order valence-corrected chi connectivity index (χ1v) is 13.0. The standard InChI is InChI=1S/C34H29NO3/c36-33-34(37,28-20-22-29(23-21-28)38-24-25-12-4-1-5-13-25)30-18-10-11-19-31(30)35(33)32(26-14-6-2-7-15-26)27-16-8-3-9-17-27/h1-20,22,32,37H,21,23-24H2. The van der Waals surface area contributed by atoms with Gasteiger partial charge in [0.2, 0.25) is 0 Å². The highest BCUT2D eigenvalue weighted by atomic mass is 16.5. The molecule has 4 aromatic carbocycles. The van der Waals surface area contributed by atoms with Crippen LogP contribution >= 0.6 is 0 Å². The summed E-state index contributed by atoms with van der Waals surface area (Å²) in [6.45, 7) is 0.492. The molecule has 1 aliphatic carbocycles. The van der Waals surface area contributed by atoms with E-state index < -0.39 is 5.60 Å². The van der Waals surface area contributed by atoms with E-state index in [0.29, 0.717) is 30.6 Å². The van der Waals surface area contributed by atoms with Crippen molar-refractivity contribution >= 4 is 11.6 Å². The number of hydrogen-bond acceptors (Lipinski definition) is 3. The quantitative estimate of drug-likeness (QED) is 0.303. The first-order chi connectivity index (χ1) is 18.7. The molecular weight excluding hydrogens is 470 g/mol. The summed E-state index contributed by atoms with van der Waals surface area (Å²) in [5, 5.41) is 12.2. The lowest BCUT2D eigenvalue weighted by Gasteiger charge is -2.32. The van der Waals surface area contributed by atoms with E-state index in [2.05, 4.69) is 0 Å². The van der Waals surface area contributed by atoms with E-state index in [9.17, 15) is 9.90 Å². The minimum atomic E-state index is -1.74. The van der Waals surface area contributed by atoms with Gasteiger partial charge in [0, 0.05) is 12.0 Å². The first-order valence-electron chi connectivity index (χ1n) is 13.0. The van der Waals surface area contributed by atoms with Crippen LogP contribution in [0.2, 0.25) is 0 Å². The SMILES string of the molecule is O=C1N(C(c2ccccc2)c2ccccc2)c2ccccc2C1(O)C1=CC=C(OCc2ccccc2)CC1. The monoisotopic (exact) mass is 499 g/mol. The van der Waals surface area contributed by atoms with Crippen LogP contribution in [-0.4, -0.2) is 11.0 Å². The molecule has 0 radical (unpaired) electrons. The van der Waals surface area contributed by atoms with Gasteiger partial charge in [0.25, 0.3) is 5.91 Å². The fourth-order valence-corrected chi connectivity index (χ4v) is 5.51. The van der Waals surface area contributed by atoms with Gasteiger partial charge in [-0.05, 0) is 40.8 Å². The third-order valence-electron chi connectivity index (χ3n) is 7.41. The van der Waals surface area contributed by atoms with Crippen LogP contribution < -0.4 is 4.90 Å². The van der Waals surface area contributed by atoms with Crippen molar-refractivity contribution < 1.29 is 14.6 Å². The third kappa shape index (κ3) is 4.23. The molecule has 4 heteroatoms. The summed E-state index contributed by atoms with van der Waals surface area (Å²) in [6, 6.07) is 37.3. The summed E-state index contributed by atoms with van der Waals surface area (Å²) in [5.74, 6) is 0.521. The summed E-state index contributed by atoms with van der Waals surface area (Å²) in [5.41, 5.74) is 3.37. The Hall–Kier alpha value is -4.41. The van der Waals surface area contributed by atoms with Gasteiger partial charge in [-0.1, -0.05) is 115 Å². The number of hydrogen-bond donors (Lipinski definition) is 1. The van der Waals surface area contributed by atoms with E-state index in [1.165, 1.54) is 0 Å². The largest absolute Gasteiger partial charge is 0.493 e. The van der Waals surface area contributed by atoms with E-state index >= 15 is 0 Å². The number of benzene rings is 4. The Labute approximate surface area is 223 Å². The zero-order chi connectivity index (χ0) is 26.0. The van der Waals surface area contributed by atoms with E-state index in [0.717, 1.165) is 28.1 Å². The van der Waals surface area contributed by atoms with Crippen molar-refractivity contribution in [3.05, 3.63) is 161 Å². The number of carbonyl (C=O) groups is 1. The number of para-hydroxylation sites is 1. The average Bonchev–Trinajstić information content (AvgIpc) is 3.21. The second-order valence-electron chi connectivity index (χ2n) is 9.73. The fraction of sp³-hybridized carbons (Fsp3) is 0.147. The van der Waals surface area contributed by atoms with E-state index in [1.807, 2.05) is 127 Å².